The van der Waals surface area contributed by atoms with Gasteiger partial charge in [0.25, 0.3) is 0 Å². The number of ketones is 1. The maximum atomic E-state index is 12.3. The number of Topliss-reactive ketones (excluding diaryl/α,β-unsaturated/α-hetero) is 1. The first kappa shape index (κ1) is 14.9. The predicted molar refractivity (Wildman–Crippen MR) is 83.6 cm³/mol. The Bertz CT molecular complexity index is 625. The van der Waals surface area contributed by atoms with Crippen LogP contribution in [0.1, 0.15) is 10.4 Å². The molecule has 0 spiro atoms. The van der Waals surface area contributed by atoms with Crippen LogP contribution in [0.25, 0.3) is 0 Å². The summed E-state index contributed by atoms with van der Waals surface area (Å²) >= 11 is 0. The van der Waals surface area contributed by atoms with Crippen LogP contribution in [0.4, 0.5) is 5.69 Å². The standard InChI is InChI=1S/C17H19NO3/c1-18(14-7-5-9-16(11-14)21-3)12-17(19)13-6-4-8-15(10-13)20-2/h4-11H,12H2,1-3H3. The Morgan fingerprint density at radius 3 is 2.29 bits per heavy atom. The largest absolute Gasteiger partial charge is 0.497 e. The number of carbonyl (C=O) groups is 1. The van der Waals surface area contributed by atoms with Crippen molar-refractivity contribution in [1.82, 2.24) is 0 Å². The quantitative estimate of drug-likeness (QED) is 0.765. The zero-order valence-electron chi connectivity index (χ0n) is 12.5. The van der Waals surface area contributed by atoms with Crippen LogP contribution < -0.4 is 14.4 Å². The molecule has 0 saturated heterocycles. The first-order chi connectivity index (χ1) is 10.1. The van der Waals surface area contributed by atoms with Crippen LogP contribution in [0.2, 0.25) is 0 Å². The van der Waals surface area contributed by atoms with E-state index >= 15 is 0 Å². The van der Waals surface area contributed by atoms with E-state index in [0.29, 0.717) is 17.9 Å². The van der Waals surface area contributed by atoms with E-state index in [9.17, 15) is 4.79 Å². The van der Waals surface area contributed by atoms with Gasteiger partial charge in [0.05, 0.1) is 20.8 Å². The van der Waals surface area contributed by atoms with Gasteiger partial charge in [-0.25, -0.2) is 0 Å². The lowest BCUT2D eigenvalue weighted by atomic mass is 10.1. The Labute approximate surface area is 124 Å². The Morgan fingerprint density at radius 2 is 1.62 bits per heavy atom. The van der Waals surface area contributed by atoms with Gasteiger partial charge in [-0.1, -0.05) is 18.2 Å². The summed E-state index contributed by atoms with van der Waals surface area (Å²) in [5.74, 6) is 1.50. The van der Waals surface area contributed by atoms with E-state index in [1.54, 1.807) is 26.4 Å². The number of rotatable bonds is 6. The zero-order chi connectivity index (χ0) is 15.2. The molecule has 0 bridgehead atoms. The van der Waals surface area contributed by atoms with Crippen molar-refractivity contribution in [2.24, 2.45) is 0 Å². The molecule has 0 aromatic heterocycles. The highest BCUT2D eigenvalue weighted by Crippen LogP contribution is 2.20. The van der Waals surface area contributed by atoms with E-state index in [1.807, 2.05) is 48.3 Å². The SMILES string of the molecule is COc1cccc(C(=O)CN(C)c2cccc(OC)c2)c1. The summed E-state index contributed by atoms with van der Waals surface area (Å²) in [6.45, 7) is 0.292. The molecule has 0 unspecified atom stereocenters. The fraction of sp³-hybridized carbons (Fsp3) is 0.235. The van der Waals surface area contributed by atoms with Crippen molar-refractivity contribution in [3.05, 3.63) is 54.1 Å². The third kappa shape index (κ3) is 3.75. The van der Waals surface area contributed by atoms with Crippen LogP contribution in [0.15, 0.2) is 48.5 Å². The van der Waals surface area contributed by atoms with E-state index in [4.69, 9.17) is 9.47 Å². The number of carbonyl (C=O) groups excluding carboxylic acids is 1. The minimum Gasteiger partial charge on any atom is -0.497 e. The summed E-state index contributed by atoms with van der Waals surface area (Å²) in [6.07, 6.45) is 0. The molecule has 4 nitrogen and oxygen atoms in total. The highest BCUT2D eigenvalue weighted by atomic mass is 16.5. The molecule has 0 aliphatic heterocycles. The third-order valence-corrected chi connectivity index (χ3v) is 3.27. The molecule has 2 aromatic rings. The van der Waals surface area contributed by atoms with Crippen LogP contribution >= 0.6 is 0 Å². The van der Waals surface area contributed by atoms with E-state index in [-0.39, 0.29) is 5.78 Å². The molecule has 4 heteroatoms. The predicted octanol–water partition coefficient (Wildman–Crippen LogP) is 3.02. The number of benzene rings is 2. The first-order valence-corrected chi connectivity index (χ1v) is 6.66. The van der Waals surface area contributed by atoms with E-state index in [1.165, 1.54) is 0 Å². The number of likely N-dealkylation sites (N-methyl/N-ethyl adjacent to an activating group) is 1. The maximum Gasteiger partial charge on any atom is 0.182 e. The monoisotopic (exact) mass is 285 g/mol. The molecule has 0 aliphatic carbocycles. The van der Waals surface area contributed by atoms with Crippen molar-refractivity contribution in [3.8, 4) is 11.5 Å². The second-order valence-corrected chi connectivity index (χ2v) is 4.71. The summed E-state index contributed by atoms with van der Waals surface area (Å²) in [6, 6.07) is 14.8. The second-order valence-electron chi connectivity index (χ2n) is 4.71. The highest BCUT2D eigenvalue weighted by Gasteiger charge is 2.11. The molecule has 21 heavy (non-hydrogen) atoms. The van der Waals surface area contributed by atoms with Crippen molar-refractivity contribution in [2.45, 2.75) is 0 Å². The average molecular weight is 285 g/mol. The molecular weight excluding hydrogens is 266 g/mol. The number of anilines is 1. The van der Waals surface area contributed by atoms with Crippen LogP contribution in [0, 0.1) is 0 Å². The molecule has 0 amide bonds. The van der Waals surface area contributed by atoms with E-state index in [0.717, 1.165) is 11.4 Å². The van der Waals surface area contributed by atoms with Gasteiger partial charge in [0, 0.05) is 24.4 Å². The Kier molecular flexibility index (Phi) is 4.82. The molecular formula is C17H19NO3. The molecule has 0 radical (unpaired) electrons. The summed E-state index contributed by atoms with van der Waals surface area (Å²) in [5, 5.41) is 0. The van der Waals surface area contributed by atoms with E-state index in [2.05, 4.69) is 0 Å². The van der Waals surface area contributed by atoms with Crippen LogP contribution in [0.3, 0.4) is 0 Å². The van der Waals surface area contributed by atoms with E-state index < -0.39 is 0 Å². The Balaban J connectivity index is 2.10. The molecule has 110 valence electrons. The topological polar surface area (TPSA) is 38.8 Å². The van der Waals surface area contributed by atoms with Crippen molar-refractivity contribution in [3.63, 3.8) is 0 Å². The third-order valence-electron chi connectivity index (χ3n) is 3.27. The number of methoxy groups -OCH3 is 2. The lowest BCUT2D eigenvalue weighted by Crippen LogP contribution is -2.25. The van der Waals surface area contributed by atoms with Gasteiger partial charge in [-0.3, -0.25) is 4.79 Å². The smallest absolute Gasteiger partial charge is 0.182 e. The lowest BCUT2D eigenvalue weighted by Gasteiger charge is -2.19. The van der Waals surface area contributed by atoms with Crippen LogP contribution in [0.5, 0.6) is 11.5 Å². The van der Waals surface area contributed by atoms with Gasteiger partial charge in [-0.15, -0.1) is 0 Å². The maximum absolute atomic E-state index is 12.3. The first-order valence-electron chi connectivity index (χ1n) is 6.66. The van der Waals surface area contributed by atoms with Crippen molar-refractivity contribution < 1.29 is 14.3 Å². The highest BCUT2D eigenvalue weighted by molar-refractivity contribution is 5.99. The zero-order valence-corrected chi connectivity index (χ0v) is 12.5. The number of ether oxygens (including phenoxy) is 2. The molecule has 2 aromatic carbocycles. The van der Waals surface area contributed by atoms with Crippen molar-refractivity contribution in [1.29, 1.82) is 0 Å². The van der Waals surface area contributed by atoms with Gasteiger partial charge in [-0.2, -0.15) is 0 Å². The second kappa shape index (κ2) is 6.79. The fourth-order valence-electron chi connectivity index (χ4n) is 2.04. The number of hydrogen-bond donors (Lipinski definition) is 0. The molecule has 0 atom stereocenters. The molecule has 2 rings (SSSR count). The summed E-state index contributed by atoms with van der Waals surface area (Å²) in [5.41, 5.74) is 1.58. The van der Waals surface area contributed by atoms with Gasteiger partial charge in [-0.05, 0) is 24.3 Å². The Hall–Kier alpha value is -2.49. The molecule has 0 heterocycles. The normalized spacial score (nSPS) is 10.0. The van der Waals surface area contributed by atoms with Crippen LogP contribution in [-0.2, 0) is 0 Å². The van der Waals surface area contributed by atoms with Gasteiger partial charge in [0.15, 0.2) is 5.78 Å². The number of nitrogens with zero attached hydrogens (tertiary/aromatic N) is 1. The Morgan fingerprint density at radius 1 is 1.00 bits per heavy atom. The minimum atomic E-state index is 0.0409. The van der Waals surface area contributed by atoms with Crippen molar-refractivity contribution >= 4 is 11.5 Å². The summed E-state index contributed by atoms with van der Waals surface area (Å²) in [7, 11) is 5.10. The van der Waals surface area contributed by atoms with Gasteiger partial charge >= 0.3 is 0 Å². The van der Waals surface area contributed by atoms with Crippen LogP contribution in [-0.4, -0.2) is 33.6 Å². The summed E-state index contributed by atoms with van der Waals surface area (Å²) in [4.78, 5) is 14.2. The molecule has 0 N–H and O–H groups in total. The van der Waals surface area contributed by atoms with Gasteiger partial charge < -0.3 is 14.4 Å². The van der Waals surface area contributed by atoms with Crippen molar-refractivity contribution in [2.75, 3.05) is 32.7 Å². The summed E-state index contributed by atoms with van der Waals surface area (Å²) < 4.78 is 10.3. The molecule has 0 aliphatic rings. The minimum absolute atomic E-state index is 0.0409. The van der Waals surface area contributed by atoms with Gasteiger partial charge in [0.1, 0.15) is 11.5 Å². The fourth-order valence-corrected chi connectivity index (χ4v) is 2.04. The van der Waals surface area contributed by atoms with Gasteiger partial charge in [0.2, 0.25) is 0 Å². The number of hydrogen-bond acceptors (Lipinski definition) is 4. The molecule has 0 saturated carbocycles. The average Bonchev–Trinajstić information content (AvgIpc) is 2.54. The molecule has 0 fully saturated rings. The lowest BCUT2D eigenvalue weighted by molar-refractivity contribution is 0.1000.